The summed E-state index contributed by atoms with van der Waals surface area (Å²) in [5.41, 5.74) is 1.13. The molecule has 156 valence electrons. The van der Waals surface area contributed by atoms with Gasteiger partial charge in [0.1, 0.15) is 6.10 Å². The first-order chi connectivity index (χ1) is 13.1. The van der Waals surface area contributed by atoms with Gasteiger partial charge in [0.2, 0.25) is 0 Å². The molecule has 1 heterocycles. The van der Waals surface area contributed by atoms with Gasteiger partial charge in [-0.1, -0.05) is 17.7 Å². The Morgan fingerprint density at radius 1 is 1.18 bits per heavy atom. The molecule has 1 atom stereocenters. The van der Waals surface area contributed by atoms with E-state index < -0.39 is 6.10 Å². The summed E-state index contributed by atoms with van der Waals surface area (Å²) in [7, 11) is 3.25. The standard InChI is InChI=1S/C19H26ClN3O3S.HI/c1-4-21-19(23-12-14(24)17-7-8-18(20)27-17)22-10-9-13-5-6-15(25-2)16(11-13)26-3;/h5-8,11,14,24H,4,9-10,12H2,1-3H3,(H2,21,22,23);1H. The summed E-state index contributed by atoms with van der Waals surface area (Å²) in [6.45, 7) is 3.70. The van der Waals surface area contributed by atoms with E-state index in [4.69, 9.17) is 21.1 Å². The number of hydrogen-bond acceptors (Lipinski definition) is 5. The summed E-state index contributed by atoms with van der Waals surface area (Å²) in [5.74, 6) is 2.10. The molecule has 0 saturated heterocycles. The predicted octanol–water partition coefficient (Wildman–Crippen LogP) is 3.87. The SMILES string of the molecule is CCNC(=NCC(O)c1ccc(Cl)s1)NCCc1ccc(OC)c(OC)c1.I. The molecule has 0 aliphatic carbocycles. The van der Waals surface area contributed by atoms with Crippen LogP contribution >= 0.6 is 46.9 Å². The highest BCUT2D eigenvalue weighted by molar-refractivity contribution is 14.0. The Labute approximate surface area is 192 Å². The number of aliphatic hydroxyl groups is 1. The maximum atomic E-state index is 10.2. The van der Waals surface area contributed by atoms with Crippen molar-refractivity contribution in [2.24, 2.45) is 4.99 Å². The highest BCUT2D eigenvalue weighted by Crippen LogP contribution is 2.28. The molecular weight excluding hydrogens is 513 g/mol. The van der Waals surface area contributed by atoms with Crippen LogP contribution in [0.4, 0.5) is 0 Å². The van der Waals surface area contributed by atoms with Crippen molar-refractivity contribution in [3.63, 3.8) is 0 Å². The van der Waals surface area contributed by atoms with Gasteiger partial charge in [-0.15, -0.1) is 35.3 Å². The van der Waals surface area contributed by atoms with E-state index in [-0.39, 0.29) is 30.5 Å². The van der Waals surface area contributed by atoms with E-state index in [1.54, 1.807) is 20.3 Å². The van der Waals surface area contributed by atoms with Gasteiger partial charge in [0, 0.05) is 18.0 Å². The van der Waals surface area contributed by atoms with Crippen molar-refractivity contribution in [3.05, 3.63) is 45.1 Å². The number of hydrogen-bond donors (Lipinski definition) is 3. The van der Waals surface area contributed by atoms with Crippen molar-refractivity contribution in [2.45, 2.75) is 19.4 Å². The van der Waals surface area contributed by atoms with E-state index in [1.807, 2.05) is 31.2 Å². The minimum Gasteiger partial charge on any atom is -0.493 e. The lowest BCUT2D eigenvalue weighted by molar-refractivity contribution is 0.191. The fourth-order valence-electron chi connectivity index (χ4n) is 2.48. The van der Waals surface area contributed by atoms with E-state index in [0.29, 0.717) is 28.3 Å². The van der Waals surface area contributed by atoms with Crippen molar-refractivity contribution >= 4 is 52.9 Å². The van der Waals surface area contributed by atoms with Crippen molar-refractivity contribution < 1.29 is 14.6 Å². The van der Waals surface area contributed by atoms with Crippen LogP contribution in [0.2, 0.25) is 4.34 Å². The maximum absolute atomic E-state index is 10.2. The highest BCUT2D eigenvalue weighted by Gasteiger charge is 2.10. The van der Waals surface area contributed by atoms with Crippen LogP contribution in [0, 0.1) is 0 Å². The number of nitrogens with zero attached hydrogens (tertiary/aromatic N) is 1. The fraction of sp³-hybridized carbons (Fsp3) is 0.421. The largest absolute Gasteiger partial charge is 0.493 e. The van der Waals surface area contributed by atoms with Crippen molar-refractivity contribution in [1.82, 2.24) is 10.6 Å². The Hall–Kier alpha value is -1.23. The summed E-state index contributed by atoms with van der Waals surface area (Å²) in [4.78, 5) is 5.26. The molecule has 0 bridgehead atoms. The summed E-state index contributed by atoms with van der Waals surface area (Å²) in [6, 6.07) is 9.48. The lowest BCUT2D eigenvalue weighted by Gasteiger charge is -2.13. The van der Waals surface area contributed by atoms with Crippen LogP contribution < -0.4 is 20.1 Å². The third-order valence-electron chi connectivity index (χ3n) is 3.84. The molecule has 0 amide bonds. The number of thiophene rings is 1. The maximum Gasteiger partial charge on any atom is 0.191 e. The molecule has 0 radical (unpaired) electrons. The Morgan fingerprint density at radius 2 is 1.93 bits per heavy atom. The monoisotopic (exact) mass is 539 g/mol. The fourth-order valence-corrected chi connectivity index (χ4v) is 3.52. The smallest absolute Gasteiger partial charge is 0.191 e. The van der Waals surface area contributed by atoms with E-state index >= 15 is 0 Å². The van der Waals surface area contributed by atoms with Gasteiger partial charge in [-0.05, 0) is 43.2 Å². The minimum atomic E-state index is -0.663. The number of halogens is 2. The molecule has 3 N–H and O–H groups in total. The third kappa shape index (κ3) is 7.65. The number of ether oxygens (including phenoxy) is 2. The van der Waals surface area contributed by atoms with E-state index in [1.165, 1.54) is 11.3 Å². The molecule has 1 aromatic carbocycles. The molecule has 2 aromatic rings. The van der Waals surface area contributed by atoms with Crippen LogP contribution in [0.3, 0.4) is 0 Å². The molecule has 1 aromatic heterocycles. The number of benzene rings is 1. The summed E-state index contributed by atoms with van der Waals surface area (Å²) in [5, 5.41) is 16.7. The van der Waals surface area contributed by atoms with Gasteiger partial charge in [-0.2, -0.15) is 0 Å². The number of aliphatic hydroxyl groups excluding tert-OH is 1. The molecule has 9 heteroatoms. The predicted molar refractivity (Wildman–Crippen MR) is 127 cm³/mol. The normalized spacial score (nSPS) is 12.1. The van der Waals surface area contributed by atoms with Crippen LogP contribution in [-0.4, -0.2) is 44.9 Å². The average Bonchev–Trinajstić information content (AvgIpc) is 3.12. The second-order valence-electron chi connectivity index (χ2n) is 5.74. The zero-order valence-corrected chi connectivity index (χ0v) is 20.1. The molecule has 0 aliphatic rings. The van der Waals surface area contributed by atoms with E-state index in [2.05, 4.69) is 15.6 Å². The number of guanidine groups is 1. The van der Waals surface area contributed by atoms with Crippen molar-refractivity contribution in [3.8, 4) is 11.5 Å². The van der Waals surface area contributed by atoms with Gasteiger partial charge >= 0.3 is 0 Å². The molecule has 0 aliphatic heterocycles. The topological polar surface area (TPSA) is 75.1 Å². The Kier molecular flexibility index (Phi) is 11.6. The molecular formula is C19H27ClIN3O3S. The van der Waals surface area contributed by atoms with Gasteiger partial charge in [-0.25, -0.2) is 0 Å². The Bertz CT molecular complexity index is 758. The first kappa shape index (κ1) is 24.8. The zero-order valence-electron chi connectivity index (χ0n) is 16.2. The summed E-state index contributed by atoms with van der Waals surface area (Å²) < 4.78 is 11.3. The van der Waals surface area contributed by atoms with Gasteiger partial charge in [0.25, 0.3) is 0 Å². The molecule has 0 fully saturated rings. The quantitative estimate of drug-likeness (QED) is 0.256. The van der Waals surface area contributed by atoms with Crippen molar-refractivity contribution in [1.29, 1.82) is 0 Å². The molecule has 6 nitrogen and oxygen atoms in total. The molecule has 2 rings (SSSR count). The van der Waals surface area contributed by atoms with Crippen LogP contribution in [-0.2, 0) is 6.42 Å². The minimum absolute atomic E-state index is 0. The molecule has 0 spiro atoms. The third-order valence-corrected chi connectivity index (χ3v) is 5.18. The Balaban J connectivity index is 0.00000392. The number of aliphatic imine (C=N–C) groups is 1. The average molecular weight is 540 g/mol. The second kappa shape index (κ2) is 13.1. The second-order valence-corrected chi connectivity index (χ2v) is 7.49. The summed E-state index contributed by atoms with van der Waals surface area (Å²) >= 11 is 7.28. The zero-order chi connectivity index (χ0) is 19.6. The molecule has 1 unspecified atom stereocenters. The first-order valence-electron chi connectivity index (χ1n) is 8.73. The van der Waals surface area contributed by atoms with Gasteiger partial charge < -0.3 is 25.2 Å². The lowest BCUT2D eigenvalue weighted by atomic mass is 10.1. The number of methoxy groups -OCH3 is 2. The van der Waals surface area contributed by atoms with E-state index in [0.717, 1.165) is 23.4 Å². The summed E-state index contributed by atoms with van der Waals surface area (Å²) in [6.07, 6.45) is 0.136. The van der Waals surface area contributed by atoms with Gasteiger partial charge in [-0.3, -0.25) is 4.99 Å². The number of nitrogens with one attached hydrogen (secondary N) is 2. The van der Waals surface area contributed by atoms with Crippen LogP contribution in [0.5, 0.6) is 11.5 Å². The lowest BCUT2D eigenvalue weighted by Crippen LogP contribution is -2.38. The van der Waals surface area contributed by atoms with E-state index in [9.17, 15) is 5.11 Å². The van der Waals surface area contributed by atoms with Crippen LogP contribution in [0.25, 0.3) is 0 Å². The first-order valence-corrected chi connectivity index (χ1v) is 9.93. The van der Waals surface area contributed by atoms with Gasteiger partial charge in [0.15, 0.2) is 17.5 Å². The Morgan fingerprint density at radius 3 is 2.54 bits per heavy atom. The highest BCUT2D eigenvalue weighted by atomic mass is 127. The number of rotatable bonds is 9. The van der Waals surface area contributed by atoms with Crippen molar-refractivity contribution in [2.75, 3.05) is 33.9 Å². The van der Waals surface area contributed by atoms with Crippen LogP contribution in [0.15, 0.2) is 35.3 Å². The molecule has 0 saturated carbocycles. The van der Waals surface area contributed by atoms with Crippen LogP contribution in [0.1, 0.15) is 23.5 Å². The van der Waals surface area contributed by atoms with Gasteiger partial charge in [0.05, 0.1) is 25.1 Å². The molecule has 28 heavy (non-hydrogen) atoms.